The van der Waals surface area contributed by atoms with Gasteiger partial charge in [0.15, 0.2) is 0 Å². The van der Waals surface area contributed by atoms with E-state index in [4.69, 9.17) is 11.6 Å². The van der Waals surface area contributed by atoms with Crippen LogP contribution in [0.3, 0.4) is 0 Å². The van der Waals surface area contributed by atoms with E-state index in [0.717, 1.165) is 4.47 Å². The number of halogens is 2. The van der Waals surface area contributed by atoms with Crippen molar-refractivity contribution in [2.45, 2.75) is 4.90 Å². The van der Waals surface area contributed by atoms with Crippen LogP contribution in [0.2, 0.25) is 0 Å². The van der Waals surface area contributed by atoms with Crippen LogP contribution in [0.5, 0.6) is 0 Å². The molecule has 0 aliphatic heterocycles. The maximum Gasteiger partial charge on any atom is 0.283 e. The third-order valence-corrected chi connectivity index (χ3v) is 4.55. The average Bonchev–Trinajstić information content (AvgIpc) is 2.40. The lowest BCUT2D eigenvalue weighted by atomic mass is 10.2. The molecule has 2 aromatic carbocycles. The van der Waals surface area contributed by atoms with Gasteiger partial charge >= 0.3 is 0 Å². The van der Waals surface area contributed by atoms with Crippen LogP contribution in [-0.2, 0) is 10.0 Å². The largest absolute Gasteiger partial charge is 0.283 e. The molecule has 6 heteroatoms. The second kappa shape index (κ2) is 5.86. The molecule has 2 rings (SSSR count). The summed E-state index contributed by atoms with van der Waals surface area (Å²) in [5.74, 6) is 0. The predicted molar refractivity (Wildman–Crippen MR) is 80.2 cm³/mol. The van der Waals surface area contributed by atoms with E-state index in [1.807, 2.05) is 6.07 Å². The van der Waals surface area contributed by atoms with Crippen LogP contribution in [0.25, 0.3) is 0 Å². The summed E-state index contributed by atoms with van der Waals surface area (Å²) in [5, 5.41) is -0.0523. The van der Waals surface area contributed by atoms with Crippen molar-refractivity contribution in [2.24, 2.45) is 4.40 Å². The van der Waals surface area contributed by atoms with Crippen molar-refractivity contribution in [3.8, 4) is 0 Å². The average molecular weight is 359 g/mol. The van der Waals surface area contributed by atoms with Crippen LogP contribution in [0.4, 0.5) is 0 Å². The highest BCUT2D eigenvalue weighted by Gasteiger charge is 2.14. The molecule has 0 atom stereocenters. The van der Waals surface area contributed by atoms with Crippen molar-refractivity contribution in [3.63, 3.8) is 0 Å². The van der Waals surface area contributed by atoms with Crippen LogP contribution in [0.1, 0.15) is 5.56 Å². The summed E-state index contributed by atoms with van der Waals surface area (Å²) < 4.78 is 28.5. The van der Waals surface area contributed by atoms with E-state index < -0.39 is 10.0 Å². The summed E-state index contributed by atoms with van der Waals surface area (Å²) >= 11 is 9.18. The molecule has 0 saturated heterocycles. The molecule has 0 spiro atoms. The Bertz CT molecular complexity index is 697. The Morgan fingerprint density at radius 1 is 1.00 bits per heavy atom. The fraction of sp³-hybridized carbons (Fsp3) is 0. The molecule has 19 heavy (non-hydrogen) atoms. The highest BCUT2D eigenvalue weighted by atomic mass is 79.9. The van der Waals surface area contributed by atoms with Crippen molar-refractivity contribution in [1.29, 1.82) is 0 Å². The fourth-order valence-corrected chi connectivity index (χ4v) is 2.96. The Balaban J connectivity index is 2.39. The van der Waals surface area contributed by atoms with Gasteiger partial charge in [-0.3, -0.25) is 0 Å². The number of hydrogen-bond donors (Lipinski definition) is 0. The summed E-state index contributed by atoms with van der Waals surface area (Å²) in [4.78, 5) is 0.102. The molecule has 0 amide bonds. The summed E-state index contributed by atoms with van der Waals surface area (Å²) in [7, 11) is -3.79. The highest BCUT2D eigenvalue weighted by molar-refractivity contribution is 9.10. The number of nitrogens with zero attached hydrogens (tertiary/aromatic N) is 1. The van der Waals surface area contributed by atoms with Gasteiger partial charge in [0, 0.05) is 10.0 Å². The van der Waals surface area contributed by atoms with Gasteiger partial charge in [0.1, 0.15) is 5.17 Å². The van der Waals surface area contributed by atoms with Crippen molar-refractivity contribution in [1.82, 2.24) is 0 Å². The Labute approximate surface area is 125 Å². The molecule has 0 heterocycles. The number of hydrogen-bond acceptors (Lipinski definition) is 2. The van der Waals surface area contributed by atoms with Gasteiger partial charge in [-0.05, 0) is 24.3 Å². The van der Waals surface area contributed by atoms with Gasteiger partial charge in [0.05, 0.1) is 4.90 Å². The first-order valence-corrected chi connectivity index (χ1v) is 7.91. The first-order valence-electron chi connectivity index (χ1n) is 5.30. The first-order chi connectivity index (χ1) is 8.99. The summed E-state index contributed by atoms with van der Waals surface area (Å²) in [6, 6.07) is 15.0. The lowest BCUT2D eigenvalue weighted by Gasteiger charge is -2.01. The maximum atomic E-state index is 12.0. The van der Waals surface area contributed by atoms with Crippen molar-refractivity contribution < 1.29 is 8.42 Å². The van der Waals surface area contributed by atoms with E-state index in [2.05, 4.69) is 20.3 Å². The Hall–Kier alpha value is -1.17. The molecular weight excluding hydrogens is 350 g/mol. The zero-order valence-electron chi connectivity index (χ0n) is 9.62. The van der Waals surface area contributed by atoms with Crippen LogP contribution in [-0.4, -0.2) is 13.6 Å². The van der Waals surface area contributed by atoms with E-state index >= 15 is 0 Å². The second-order valence-electron chi connectivity index (χ2n) is 3.68. The number of sulfonamides is 1. The van der Waals surface area contributed by atoms with E-state index in [1.165, 1.54) is 12.1 Å². The van der Waals surface area contributed by atoms with Gasteiger partial charge in [0.2, 0.25) is 0 Å². The summed E-state index contributed by atoms with van der Waals surface area (Å²) in [6.07, 6.45) is 0. The van der Waals surface area contributed by atoms with Crippen molar-refractivity contribution >= 4 is 42.7 Å². The molecule has 0 aliphatic carbocycles. The molecule has 0 N–H and O–H groups in total. The van der Waals surface area contributed by atoms with E-state index in [1.54, 1.807) is 36.4 Å². The van der Waals surface area contributed by atoms with Gasteiger partial charge in [0.25, 0.3) is 10.0 Å². The normalized spacial score (nSPS) is 12.4. The molecule has 0 aliphatic rings. The van der Waals surface area contributed by atoms with Crippen molar-refractivity contribution in [3.05, 3.63) is 64.6 Å². The van der Waals surface area contributed by atoms with Gasteiger partial charge in [-0.15, -0.1) is 4.40 Å². The molecule has 0 aromatic heterocycles. The molecular formula is C13H9BrClNO2S. The summed E-state index contributed by atoms with van der Waals surface area (Å²) in [6.45, 7) is 0. The molecule has 0 fully saturated rings. The quantitative estimate of drug-likeness (QED) is 0.783. The minimum absolute atomic E-state index is 0.0523. The van der Waals surface area contributed by atoms with Crippen LogP contribution in [0.15, 0.2) is 68.4 Å². The minimum atomic E-state index is -3.79. The number of rotatable bonds is 3. The first kappa shape index (κ1) is 14.2. The molecule has 0 radical (unpaired) electrons. The molecule has 3 nitrogen and oxygen atoms in total. The lowest BCUT2D eigenvalue weighted by molar-refractivity contribution is 0.598. The molecule has 2 aromatic rings. The lowest BCUT2D eigenvalue weighted by Crippen LogP contribution is -2.01. The Morgan fingerprint density at radius 3 is 2.16 bits per heavy atom. The standard InChI is InChI=1S/C13H9BrClNO2S/c14-11-6-8-12(9-7-11)19(17,18)16-13(15)10-4-2-1-3-5-10/h1-9H/b16-13-. The molecule has 98 valence electrons. The van der Waals surface area contributed by atoms with E-state index in [0.29, 0.717) is 5.56 Å². The van der Waals surface area contributed by atoms with E-state index in [-0.39, 0.29) is 10.1 Å². The van der Waals surface area contributed by atoms with Crippen LogP contribution >= 0.6 is 27.5 Å². The SMILES string of the molecule is O=S(=O)(/N=C(\Cl)c1ccccc1)c1ccc(Br)cc1. The zero-order valence-corrected chi connectivity index (χ0v) is 12.8. The summed E-state index contributed by atoms with van der Waals surface area (Å²) in [5.41, 5.74) is 0.560. The second-order valence-corrected chi connectivity index (χ2v) is 6.55. The predicted octanol–water partition coefficient (Wildman–Crippen LogP) is 3.82. The van der Waals surface area contributed by atoms with Crippen LogP contribution in [0, 0.1) is 0 Å². The highest BCUT2D eigenvalue weighted by Crippen LogP contribution is 2.18. The third kappa shape index (κ3) is 3.65. The minimum Gasteiger partial charge on any atom is -0.199 e. The van der Waals surface area contributed by atoms with Crippen LogP contribution < -0.4 is 0 Å². The maximum absolute atomic E-state index is 12.0. The molecule has 0 unspecified atom stereocenters. The van der Waals surface area contributed by atoms with Gasteiger partial charge in [-0.2, -0.15) is 8.42 Å². The molecule has 0 saturated carbocycles. The van der Waals surface area contributed by atoms with Gasteiger partial charge < -0.3 is 0 Å². The smallest absolute Gasteiger partial charge is 0.199 e. The molecule has 0 bridgehead atoms. The topological polar surface area (TPSA) is 46.5 Å². The number of benzene rings is 2. The van der Waals surface area contributed by atoms with E-state index in [9.17, 15) is 8.42 Å². The Kier molecular flexibility index (Phi) is 4.39. The zero-order chi connectivity index (χ0) is 13.9. The monoisotopic (exact) mass is 357 g/mol. The van der Waals surface area contributed by atoms with Gasteiger partial charge in [-0.1, -0.05) is 57.9 Å². The van der Waals surface area contributed by atoms with Crippen molar-refractivity contribution in [2.75, 3.05) is 0 Å². The van der Waals surface area contributed by atoms with Gasteiger partial charge in [-0.25, -0.2) is 0 Å². The third-order valence-electron chi connectivity index (χ3n) is 2.32. The fourth-order valence-electron chi connectivity index (χ4n) is 1.39. The Morgan fingerprint density at radius 2 is 1.58 bits per heavy atom.